The predicted molar refractivity (Wildman–Crippen MR) is 77.7 cm³/mol. The van der Waals surface area contributed by atoms with Crippen LogP contribution in [0.2, 0.25) is 5.02 Å². The summed E-state index contributed by atoms with van der Waals surface area (Å²) in [6.07, 6.45) is 0. The van der Waals surface area contributed by atoms with Gasteiger partial charge in [-0.15, -0.1) is 0 Å². The number of hydrogen-bond acceptors (Lipinski definition) is 3. The average molecular weight is 287 g/mol. The van der Waals surface area contributed by atoms with Gasteiger partial charge in [-0.1, -0.05) is 11.6 Å². The van der Waals surface area contributed by atoms with E-state index in [0.29, 0.717) is 21.9 Å². The van der Waals surface area contributed by atoms with Crippen molar-refractivity contribution in [3.05, 3.63) is 64.9 Å². The highest BCUT2D eigenvalue weighted by atomic mass is 35.5. The fourth-order valence-electron chi connectivity index (χ4n) is 2.00. The first-order chi connectivity index (χ1) is 9.67. The molecule has 0 saturated heterocycles. The topological polar surface area (TPSA) is 39.4 Å². The maximum Gasteiger partial charge on any atom is 0.228 e. The molecule has 2 aromatic carbocycles. The first-order valence-electron chi connectivity index (χ1n) is 6.05. The minimum atomic E-state index is -0.170. The predicted octanol–water partition coefficient (Wildman–Crippen LogP) is 4.33. The minimum absolute atomic E-state index is 0.170. The smallest absolute Gasteiger partial charge is 0.228 e. The van der Waals surface area contributed by atoms with Crippen LogP contribution in [0.4, 0.5) is 0 Å². The zero-order valence-corrected chi connectivity index (χ0v) is 11.5. The van der Waals surface area contributed by atoms with Crippen molar-refractivity contribution in [2.45, 2.75) is 0 Å². The zero-order chi connectivity index (χ0) is 14.1. The first kappa shape index (κ1) is 12.8. The van der Waals surface area contributed by atoms with E-state index in [1.165, 1.54) is 0 Å². The van der Waals surface area contributed by atoms with Gasteiger partial charge in [0.05, 0.1) is 7.11 Å². The molecule has 0 atom stereocenters. The summed E-state index contributed by atoms with van der Waals surface area (Å²) >= 11 is 5.81. The monoisotopic (exact) mass is 286 g/mol. The van der Waals surface area contributed by atoms with Crippen LogP contribution in [-0.4, -0.2) is 12.9 Å². The molecule has 1 heterocycles. The first-order valence-corrected chi connectivity index (χ1v) is 6.43. The van der Waals surface area contributed by atoms with E-state index in [2.05, 4.69) is 0 Å². The van der Waals surface area contributed by atoms with Crippen molar-refractivity contribution in [3.63, 3.8) is 0 Å². The summed E-state index contributed by atoms with van der Waals surface area (Å²) < 4.78 is 10.7. The number of benzene rings is 2. The molecule has 0 saturated carbocycles. The van der Waals surface area contributed by atoms with Crippen molar-refractivity contribution in [3.8, 4) is 5.75 Å². The van der Waals surface area contributed by atoms with E-state index in [-0.39, 0.29) is 5.78 Å². The fraction of sp³-hybridized carbons (Fsp3) is 0.0625. The maximum absolute atomic E-state index is 12.3. The molecule has 4 heteroatoms. The van der Waals surface area contributed by atoms with Crippen molar-refractivity contribution in [2.24, 2.45) is 0 Å². The van der Waals surface area contributed by atoms with Gasteiger partial charge in [0.1, 0.15) is 11.3 Å². The highest BCUT2D eigenvalue weighted by molar-refractivity contribution is 6.30. The number of fused-ring (bicyclic) bond motifs is 1. The van der Waals surface area contributed by atoms with Gasteiger partial charge >= 0.3 is 0 Å². The molecule has 1 aromatic heterocycles. The highest BCUT2D eigenvalue weighted by Gasteiger charge is 2.14. The van der Waals surface area contributed by atoms with Gasteiger partial charge in [0.25, 0.3) is 0 Å². The van der Waals surface area contributed by atoms with Crippen LogP contribution in [0.3, 0.4) is 0 Å². The van der Waals surface area contributed by atoms with Crippen molar-refractivity contribution in [2.75, 3.05) is 7.11 Å². The summed E-state index contributed by atoms with van der Waals surface area (Å²) in [5.74, 6) is 0.858. The van der Waals surface area contributed by atoms with Crippen molar-refractivity contribution >= 4 is 28.4 Å². The van der Waals surface area contributed by atoms with Crippen molar-refractivity contribution in [1.29, 1.82) is 0 Å². The largest absolute Gasteiger partial charge is 0.497 e. The third-order valence-corrected chi connectivity index (χ3v) is 3.31. The number of ketones is 1. The van der Waals surface area contributed by atoms with E-state index in [0.717, 1.165) is 11.1 Å². The summed E-state index contributed by atoms with van der Waals surface area (Å²) in [5.41, 5.74) is 1.20. The molecule has 20 heavy (non-hydrogen) atoms. The molecule has 0 amide bonds. The van der Waals surface area contributed by atoms with Crippen molar-refractivity contribution in [1.82, 2.24) is 0 Å². The lowest BCUT2D eigenvalue weighted by Crippen LogP contribution is -1.98. The van der Waals surface area contributed by atoms with E-state index in [4.69, 9.17) is 20.8 Å². The SMILES string of the molecule is COc1ccc2oc(C(=O)c3ccc(Cl)cc3)cc2c1. The van der Waals surface area contributed by atoms with E-state index in [9.17, 15) is 4.79 Å². The maximum atomic E-state index is 12.3. The van der Waals surface area contributed by atoms with E-state index >= 15 is 0 Å². The molecule has 3 aromatic rings. The molecule has 0 N–H and O–H groups in total. The minimum Gasteiger partial charge on any atom is -0.497 e. The Morgan fingerprint density at radius 2 is 1.85 bits per heavy atom. The lowest BCUT2D eigenvalue weighted by atomic mass is 10.1. The lowest BCUT2D eigenvalue weighted by molar-refractivity contribution is 0.101. The summed E-state index contributed by atoms with van der Waals surface area (Å²) in [5, 5.41) is 1.43. The number of furan rings is 1. The van der Waals surface area contributed by atoms with Crippen LogP contribution in [0.15, 0.2) is 52.9 Å². The number of methoxy groups -OCH3 is 1. The number of halogens is 1. The second-order valence-corrected chi connectivity index (χ2v) is 4.79. The Morgan fingerprint density at radius 3 is 2.55 bits per heavy atom. The normalized spacial score (nSPS) is 10.7. The molecule has 3 rings (SSSR count). The molecule has 0 radical (unpaired) electrons. The van der Waals surface area contributed by atoms with Gasteiger partial charge in [-0.2, -0.15) is 0 Å². The molecular weight excluding hydrogens is 276 g/mol. The number of carbonyl (C=O) groups excluding carboxylic acids is 1. The molecule has 0 fully saturated rings. The Kier molecular flexibility index (Phi) is 3.20. The van der Waals surface area contributed by atoms with E-state index in [1.807, 2.05) is 6.07 Å². The molecule has 0 aliphatic heterocycles. The van der Waals surface area contributed by atoms with Gasteiger partial charge in [0.15, 0.2) is 5.76 Å². The van der Waals surface area contributed by atoms with Crippen LogP contribution in [-0.2, 0) is 0 Å². The summed E-state index contributed by atoms with van der Waals surface area (Å²) in [6, 6.07) is 13.8. The Labute approximate surface area is 120 Å². The third-order valence-electron chi connectivity index (χ3n) is 3.05. The number of rotatable bonds is 3. The van der Waals surface area contributed by atoms with E-state index < -0.39 is 0 Å². The Bertz CT molecular complexity index is 772. The van der Waals surface area contributed by atoms with Crippen LogP contribution >= 0.6 is 11.6 Å². The second kappa shape index (κ2) is 5.02. The molecule has 0 aliphatic rings. The van der Waals surface area contributed by atoms with Gasteiger partial charge < -0.3 is 9.15 Å². The molecular formula is C16H11ClO3. The molecule has 0 bridgehead atoms. The van der Waals surface area contributed by atoms with Crippen LogP contribution in [0.5, 0.6) is 5.75 Å². The van der Waals surface area contributed by atoms with Gasteiger partial charge in [-0.25, -0.2) is 0 Å². The van der Waals surface area contributed by atoms with Crippen LogP contribution in [0.1, 0.15) is 16.1 Å². The Morgan fingerprint density at radius 1 is 1.10 bits per heavy atom. The molecule has 0 unspecified atom stereocenters. The zero-order valence-electron chi connectivity index (χ0n) is 10.7. The highest BCUT2D eigenvalue weighted by Crippen LogP contribution is 2.25. The van der Waals surface area contributed by atoms with Crippen LogP contribution in [0.25, 0.3) is 11.0 Å². The van der Waals surface area contributed by atoms with Gasteiger partial charge in [-0.05, 0) is 48.5 Å². The molecule has 100 valence electrons. The van der Waals surface area contributed by atoms with Crippen molar-refractivity contribution < 1.29 is 13.9 Å². The number of ether oxygens (including phenoxy) is 1. The van der Waals surface area contributed by atoms with Crippen LogP contribution in [0, 0.1) is 0 Å². The molecule has 3 nitrogen and oxygen atoms in total. The quantitative estimate of drug-likeness (QED) is 0.673. The van der Waals surface area contributed by atoms with Crippen LogP contribution < -0.4 is 4.74 Å². The average Bonchev–Trinajstić information content (AvgIpc) is 2.90. The number of carbonyl (C=O) groups is 1. The standard InChI is InChI=1S/C16H11ClO3/c1-19-13-6-7-14-11(8-13)9-15(20-14)16(18)10-2-4-12(17)5-3-10/h2-9H,1H3. The van der Waals surface area contributed by atoms with Gasteiger partial charge in [0.2, 0.25) is 5.78 Å². The number of hydrogen-bond donors (Lipinski definition) is 0. The Balaban J connectivity index is 2.01. The second-order valence-electron chi connectivity index (χ2n) is 4.35. The molecule has 0 spiro atoms. The van der Waals surface area contributed by atoms with Gasteiger partial charge in [-0.3, -0.25) is 4.79 Å². The molecule has 0 aliphatic carbocycles. The Hall–Kier alpha value is -2.26. The van der Waals surface area contributed by atoms with E-state index in [1.54, 1.807) is 49.6 Å². The summed E-state index contributed by atoms with van der Waals surface area (Å²) in [4.78, 5) is 12.3. The lowest BCUT2D eigenvalue weighted by Gasteiger charge is -1.97. The summed E-state index contributed by atoms with van der Waals surface area (Å²) in [6.45, 7) is 0. The fourth-order valence-corrected chi connectivity index (χ4v) is 2.13. The summed E-state index contributed by atoms with van der Waals surface area (Å²) in [7, 11) is 1.60. The third kappa shape index (κ3) is 2.28. The van der Waals surface area contributed by atoms with Gasteiger partial charge in [0, 0.05) is 16.0 Å².